The molecule has 2 amide bonds. The monoisotopic (exact) mass is 305 g/mol. The molecule has 4 N–H and O–H groups in total. The summed E-state index contributed by atoms with van der Waals surface area (Å²) in [5, 5.41) is 2.70. The van der Waals surface area contributed by atoms with Crippen LogP contribution in [-0.2, 0) is 11.4 Å². The van der Waals surface area contributed by atoms with Crippen LogP contribution >= 0.6 is 11.3 Å². The lowest BCUT2D eigenvalue weighted by atomic mass is 10.3. The predicted molar refractivity (Wildman–Crippen MR) is 81.1 cm³/mol. The molecule has 1 heterocycles. The molecule has 7 heteroatoms. The Morgan fingerprint density at radius 1 is 1.24 bits per heavy atom. The van der Waals surface area contributed by atoms with Crippen molar-refractivity contribution >= 4 is 28.8 Å². The number of amides is 2. The molecule has 1 aromatic heterocycles. The number of carbonyl (C=O) groups is 2. The maximum Gasteiger partial charge on any atom is 0.275 e. The summed E-state index contributed by atoms with van der Waals surface area (Å²) in [6.45, 7) is 1.74. The third-order valence-electron chi connectivity index (χ3n) is 2.58. The van der Waals surface area contributed by atoms with Gasteiger partial charge < -0.3 is 10.1 Å². The lowest BCUT2D eigenvalue weighted by Gasteiger charge is -2.10. The summed E-state index contributed by atoms with van der Waals surface area (Å²) in [5.41, 5.74) is 2.69. The minimum absolute atomic E-state index is 0.163. The maximum absolute atomic E-state index is 11.4. The molecular formula is C14H15N3O3S. The van der Waals surface area contributed by atoms with Gasteiger partial charge in [-0.25, -0.2) is 5.84 Å². The zero-order valence-electron chi connectivity index (χ0n) is 11.4. The second kappa shape index (κ2) is 6.87. The minimum atomic E-state index is -0.329. The Bertz CT molecular complexity index is 654. The van der Waals surface area contributed by atoms with Crippen LogP contribution in [0.1, 0.15) is 21.5 Å². The largest absolute Gasteiger partial charge is 0.486 e. The number of ether oxygens (including phenoxy) is 1. The summed E-state index contributed by atoms with van der Waals surface area (Å²) >= 11 is 1.30. The molecule has 0 saturated carbocycles. The topological polar surface area (TPSA) is 93.4 Å². The van der Waals surface area contributed by atoms with Crippen molar-refractivity contribution in [2.24, 2.45) is 5.84 Å². The molecule has 6 nitrogen and oxygen atoms in total. The number of nitrogens with one attached hydrogen (secondary N) is 2. The maximum atomic E-state index is 11.4. The van der Waals surface area contributed by atoms with E-state index in [0.29, 0.717) is 22.9 Å². The summed E-state index contributed by atoms with van der Waals surface area (Å²) in [4.78, 5) is 23.9. The third kappa shape index (κ3) is 4.04. The fraction of sp³-hybridized carbons (Fsp3) is 0.143. The molecule has 0 fully saturated rings. The van der Waals surface area contributed by atoms with E-state index in [1.54, 1.807) is 24.3 Å². The normalized spacial score (nSPS) is 10.0. The van der Waals surface area contributed by atoms with Crippen LogP contribution < -0.4 is 21.3 Å². The highest BCUT2D eigenvalue weighted by Crippen LogP contribution is 2.26. The minimum Gasteiger partial charge on any atom is -0.486 e. The summed E-state index contributed by atoms with van der Waals surface area (Å²) in [5.74, 6) is 5.16. The van der Waals surface area contributed by atoms with E-state index in [1.165, 1.54) is 18.3 Å². The number of para-hydroxylation sites is 2. The van der Waals surface area contributed by atoms with E-state index in [-0.39, 0.29) is 11.8 Å². The van der Waals surface area contributed by atoms with Gasteiger partial charge in [-0.15, -0.1) is 11.3 Å². The fourth-order valence-electron chi connectivity index (χ4n) is 1.68. The molecule has 0 radical (unpaired) electrons. The number of hydrogen-bond donors (Lipinski definition) is 3. The van der Waals surface area contributed by atoms with Crippen LogP contribution in [0.25, 0.3) is 0 Å². The average molecular weight is 305 g/mol. The molecule has 110 valence electrons. The van der Waals surface area contributed by atoms with Crippen molar-refractivity contribution in [1.29, 1.82) is 0 Å². The van der Waals surface area contributed by atoms with Crippen LogP contribution in [0.5, 0.6) is 5.75 Å². The molecule has 21 heavy (non-hydrogen) atoms. The van der Waals surface area contributed by atoms with E-state index < -0.39 is 0 Å². The first-order valence-corrected chi connectivity index (χ1v) is 7.01. The van der Waals surface area contributed by atoms with Gasteiger partial charge in [-0.3, -0.25) is 15.0 Å². The van der Waals surface area contributed by atoms with Crippen molar-refractivity contribution in [1.82, 2.24) is 5.43 Å². The Labute approximate surface area is 125 Å². The first kappa shape index (κ1) is 15.0. The van der Waals surface area contributed by atoms with Gasteiger partial charge in [-0.1, -0.05) is 12.1 Å². The standard InChI is InChI=1S/C14H15N3O3S/c1-9(18)16-11-4-2-3-5-12(11)20-8-10-6-7-13(21-10)14(19)17-15/h2-7H,8,15H2,1H3,(H,16,18)(H,17,19). The van der Waals surface area contributed by atoms with Crippen molar-refractivity contribution < 1.29 is 14.3 Å². The SMILES string of the molecule is CC(=O)Nc1ccccc1OCc1ccc(C(=O)NN)s1. The fourth-order valence-corrected chi connectivity index (χ4v) is 2.51. The molecular weight excluding hydrogens is 290 g/mol. The number of carbonyl (C=O) groups excluding carboxylic acids is 2. The quantitative estimate of drug-likeness (QED) is 0.447. The molecule has 0 aliphatic carbocycles. The Morgan fingerprint density at radius 2 is 2.00 bits per heavy atom. The van der Waals surface area contributed by atoms with Gasteiger partial charge in [0.15, 0.2) is 0 Å². The van der Waals surface area contributed by atoms with Crippen LogP contribution in [0.3, 0.4) is 0 Å². The van der Waals surface area contributed by atoms with Crippen LogP contribution in [0.15, 0.2) is 36.4 Å². The number of benzene rings is 1. The molecule has 0 unspecified atom stereocenters. The molecule has 0 aliphatic heterocycles. The summed E-state index contributed by atoms with van der Waals surface area (Å²) < 4.78 is 5.68. The van der Waals surface area contributed by atoms with Crippen LogP contribution in [0.4, 0.5) is 5.69 Å². The second-order valence-electron chi connectivity index (χ2n) is 4.21. The number of thiophene rings is 1. The van der Waals surface area contributed by atoms with Gasteiger partial charge in [0.1, 0.15) is 12.4 Å². The number of nitrogens with two attached hydrogens (primary N) is 1. The van der Waals surface area contributed by atoms with Gasteiger partial charge in [0.2, 0.25) is 5.91 Å². The van der Waals surface area contributed by atoms with E-state index in [1.807, 2.05) is 12.1 Å². The lowest BCUT2D eigenvalue weighted by molar-refractivity contribution is -0.114. The van der Waals surface area contributed by atoms with Crippen molar-refractivity contribution in [3.8, 4) is 5.75 Å². The van der Waals surface area contributed by atoms with Gasteiger partial charge in [0, 0.05) is 11.8 Å². The van der Waals surface area contributed by atoms with Crippen molar-refractivity contribution in [3.63, 3.8) is 0 Å². The summed E-state index contributed by atoms with van der Waals surface area (Å²) in [6.07, 6.45) is 0. The molecule has 0 spiro atoms. The molecule has 2 aromatic rings. The van der Waals surface area contributed by atoms with E-state index in [4.69, 9.17) is 10.6 Å². The van der Waals surface area contributed by atoms with Gasteiger partial charge in [-0.2, -0.15) is 0 Å². The zero-order chi connectivity index (χ0) is 15.2. The van der Waals surface area contributed by atoms with E-state index in [0.717, 1.165) is 4.88 Å². The molecule has 0 bridgehead atoms. The number of hydrogen-bond acceptors (Lipinski definition) is 5. The molecule has 0 aliphatic rings. The van der Waals surface area contributed by atoms with Crippen LogP contribution in [-0.4, -0.2) is 11.8 Å². The van der Waals surface area contributed by atoms with E-state index >= 15 is 0 Å². The van der Waals surface area contributed by atoms with Gasteiger partial charge in [-0.05, 0) is 24.3 Å². The zero-order valence-corrected chi connectivity index (χ0v) is 12.2. The molecule has 0 atom stereocenters. The Balaban J connectivity index is 2.04. The lowest BCUT2D eigenvalue weighted by Crippen LogP contribution is -2.29. The van der Waals surface area contributed by atoms with E-state index in [2.05, 4.69) is 10.7 Å². The highest BCUT2D eigenvalue weighted by molar-refractivity contribution is 7.14. The molecule has 0 saturated heterocycles. The first-order chi connectivity index (χ1) is 10.1. The number of anilines is 1. The smallest absolute Gasteiger partial charge is 0.275 e. The summed E-state index contributed by atoms with van der Waals surface area (Å²) in [7, 11) is 0. The number of hydrazine groups is 1. The van der Waals surface area contributed by atoms with Crippen molar-refractivity contribution in [3.05, 3.63) is 46.2 Å². The van der Waals surface area contributed by atoms with Gasteiger partial charge in [0.25, 0.3) is 5.91 Å². The van der Waals surface area contributed by atoms with Gasteiger partial charge in [0.05, 0.1) is 10.6 Å². The third-order valence-corrected chi connectivity index (χ3v) is 3.64. The van der Waals surface area contributed by atoms with Crippen LogP contribution in [0, 0.1) is 0 Å². The number of rotatable bonds is 5. The molecule has 2 rings (SSSR count). The number of nitrogen functional groups attached to an aromatic ring is 1. The Kier molecular flexibility index (Phi) is 4.91. The first-order valence-electron chi connectivity index (χ1n) is 6.19. The second-order valence-corrected chi connectivity index (χ2v) is 5.37. The van der Waals surface area contributed by atoms with Crippen molar-refractivity contribution in [2.75, 3.05) is 5.32 Å². The van der Waals surface area contributed by atoms with Crippen molar-refractivity contribution in [2.45, 2.75) is 13.5 Å². The van der Waals surface area contributed by atoms with Gasteiger partial charge >= 0.3 is 0 Å². The Hall–Kier alpha value is -2.38. The Morgan fingerprint density at radius 3 is 2.71 bits per heavy atom. The predicted octanol–water partition coefficient (Wildman–Crippen LogP) is 1.89. The molecule has 1 aromatic carbocycles. The van der Waals surface area contributed by atoms with E-state index in [9.17, 15) is 9.59 Å². The van der Waals surface area contributed by atoms with Crippen LogP contribution in [0.2, 0.25) is 0 Å². The highest BCUT2D eigenvalue weighted by Gasteiger charge is 2.09. The average Bonchev–Trinajstić information content (AvgIpc) is 2.94. The summed E-state index contributed by atoms with van der Waals surface area (Å²) in [6, 6.07) is 10.7. The highest BCUT2D eigenvalue weighted by atomic mass is 32.1.